The molecule has 0 aliphatic carbocycles. The third-order valence-corrected chi connectivity index (χ3v) is 9.61. The lowest BCUT2D eigenvalue weighted by molar-refractivity contribution is -0.142. The Balaban J connectivity index is 6.60. The van der Waals surface area contributed by atoms with Crippen LogP contribution in [0.1, 0.15) is 71.1 Å². The Morgan fingerprint density at radius 3 is 1.03 bits per heavy atom. The summed E-state index contributed by atoms with van der Waals surface area (Å²) >= 11 is 0. The number of nitrogens with one attached hydrogen (secondary N) is 8. The molecule has 72 heavy (non-hydrogen) atoms. The van der Waals surface area contributed by atoms with E-state index in [1.54, 1.807) is 0 Å². The van der Waals surface area contributed by atoms with Crippen LogP contribution in [0.2, 0.25) is 0 Å². The van der Waals surface area contributed by atoms with Gasteiger partial charge in [0.15, 0.2) is 5.78 Å². The Hall–Kier alpha value is -8.33. The summed E-state index contributed by atoms with van der Waals surface area (Å²) in [6.45, 7) is 2.30. The number of aliphatic carboxylic acids is 5. The molecule has 21 N–H and O–H groups in total. The van der Waals surface area contributed by atoms with E-state index in [4.69, 9.17) is 22.3 Å². The number of ketones is 1. The minimum atomic E-state index is -2.22. The van der Waals surface area contributed by atoms with Crippen molar-refractivity contribution >= 4 is 88.8 Å². The molecule has 9 amide bonds. The van der Waals surface area contributed by atoms with Gasteiger partial charge in [0.2, 0.25) is 53.2 Å². The molecule has 0 heterocycles. The second-order valence-electron chi connectivity index (χ2n) is 15.6. The second kappa shape index (κ2) is 31.7. The second-order valence-corrected chi connectivity index (χ2v) is 15.6. The predicted octanol–water partition coefficient (Wildman–Crippen LogP) is -8.95. The van der Waals surface area contributed by atoms with Gasteiger partial charge in [-0.1, -0.05) is 6.58 Å². The molecule has 33 heteroatoms. The van der Waals surface area contributed by atoms with E-state index in [0.717, 1.165) is 6.92 Å². The maximum Gasteiger partial charge on any atom is 0.305 e. The number of aliphatic hydroxyl groups is 2. The fourth-order valence-electron chi connectivity index (χ4n) is 5.85. The number of aliphatic hydroxyl groups excluding tert-OH is 2. The summed E-state index contributed by atoms with van der Waals surface area (Å²) in [5.41, 5.74) is 15.3. The molecule has 402 valence electrons. The first-order valence-corrected chi connectivity index (χ1v) is 21.1. The van der Waals surface area contributed by atoms with E-state index in [9.17, 15) is 103 Å². The number of amides is 9. The highest BCUT2D eigenvalue weighted by Gasteiger charge is 2.36. The van der Waals surface area contributed by atoms with Gasteiger partial charge in [-0.05, 0) is 26.2 Å². The number of nitrogens with two attached hydrogens (primary N) is 3. The molecule has 0 aromatic heterocycles. The minimum absolute atomic E-state index is 0.552. The van der Waals surface area contributed by atoms with Crippen molar-refractivity contribution in [3.8, 4) is 0 Å². The zero-order valence-corrected chi connectivity index (χ0v) is 38.4. The molecular weight excluding hydrogens is 974 g/mol. The number of carboxylic acids is 5. The van der Waals surface area contributed by atoms with Gasteiger partial charge in [-0.25, -0.2) is 0 Å². The van der Waals surface area contributed by atoms with Crippen molar-refractivity contribution in [2.24, 2.45) is 17.2 Å². The number of carbonyl (C=O) groups excluding carboxylic acids is 10. The molecule has 5 unspecified atom stereocenters. The largest absolute Gasteiger partial charge is 0.481 e. The fourth-order valence-corrected chi connectivity index (χ4v) is 5.85. The number of primary amides is 2. The van der Waals surface area contributed by atoms with E-state index >= 15 is 0 Å². The van der Waals surface area contributed by atoms with E-state index in [2.05, 4.69) is 33.2 Å². The molecule has 0 rings (SSSR count). The van der Waals surface area contributed by atoms with Crippen LogP contribution in [-0.4, -0.2) is 192 Å². The van der Waals surface area contributed by atoms with Gasteiger partial charge in [-0.2, -0.15) is 0 Å². The van der Waals surface area contributed by atoms with Crippen LogP contribution >= 0.6 is 0 Å². The van der Waals surface area contributed by atoms with Crippen LogP contribution in [0.25, 0.3) is 0 Å². The zero-order chi connectivity index (χ0) is 55.6. The van der Waals surface area contributed by atoms with Crippen molar-refractivity contribution in [3.05, 3.63) is 12.3 Å². The summed E-state index contributed by atoms with van der Waals surface area (Å²) < 4.78 is 0. The zero-order valence-electron chi connectivity index (χ0n) is 38.4. The van der Waals surface area contributed by atoms with Crippen molar-refractivity contribution < 1.29 is 108 Å². The Labute approximate surface area is 406 Å². The Morgan fingerprint density at radius 1 is 0.389 bits per heavy atom. The van der Waals surface area contributed by atoms with E-state index in [1.165, 1.54) is 0 Å². The van der Waals surface area contributed by atoms with Crippen LogP contribution in [0.5, 0.6) is 0 Å². The predicted molar refractivity (Wildman–Crippen MR) is 235 cm³/mol. The summed E-state index contributed by atoms with van der Waals surface area (Å²) in [6.07, 6.45) is -8.45. The highest BCUT2D eigenvalue weighted by molar-refractivity contribution is 5.99. The molecule has 0 aromatic carbocycles. The maximum atomic E-state index is 13.5. The van der Waals surface area contributed by atoms with Gasteiger partial charge in [0, 0.05) is 25.0 Å². The molecule has 0 bridgehead atoms. The topological polar surface area (TPSA) is 572 Å². The van der Waals surface area contributed by atoms with Crippen LogP contribution in [0.3, 0.4) is 0 Å². The van der Waals surface area contributed by atoms with Crippen LogP contribution in [-0.2, 0) is 71.9 Å². The highest BCUT2D eigenvalue weighted by atomic mass is 16.4. The maximum absolute atomic E-state index is 13.5. The van der Waals surface area contributed by atoms with Crippen molar-refractivity contribution in [2.45, 2.75) is 126 Å². The third-order valence-electron chi connectivity index (χ3n) is 9.61. The first kappa shape index (κ1) is 63.7. The smallest absolute Gasteiger partial charge is 0.305 e. The lowest BCUT2D eigenvalue weighted by atomic mass is 10.0. The molecule has 0 saturated carbocycles. The summed E-state index contributed by atoms with van der Waals surface area (Å²) in [7, 11) is 0. The van der Waals surface area contributed by atoms with E-state index in [0.29, 0.717) is 0 Å². The molecule has 0 aliphatic heterocycles. The molecule has 9 atom stereocenters. The van der Waals surface area contributed by atoms with Crippen molar-refractivity contribution in [1.29, 1.82) is 0 Å². The quantitative estimate of drug-likeness (QED) is 0.0275. The van der Waals surface area contributed by atoms with Gasteiger partial charge < -0.3 is 95.5 Å². The Morgan fingerprint density at radius 2 is 0.681 bits per heavy atom. The first-order chi connectivity index (χ1) is 33.4. The van der Waals surface area contributed by atoms with E-state index in [1.807, 2.05) is 16.0 Å². The standard InChI is InChI=1S/C39H59N11O22/c1-15(21(11-31(62)63)47-35(68)18(3-6-28(56)57)44-33(66)17(40)13-51)43-23(10-27(42)55)37(70)50-25(14-52)39(72)49-24(12-32(64)65)38(71)46-19(4-7-29(58)59)34(67)45-20(5-8-30(60)61)36(69)48-22(16(2)53)9-26(41)54/h17-25,43,51-52H,1,3-14,40H2,2H3,(H2,41,54)(H2,42,55)(H,44,66)(H,45,67)(H,46,71)(H,47,68)(H,48,69)(H,49,72)(H,50,70)(H,56,57)(H,58,59)(H,60,61)(H,62,63)(H,64,65)/t17?,18-,19?,20-,21?,22?,23-,24-,25?/m1/s1. The van der Waals surface area contributed by atoms with Crippen LogP contribution in [0, 0.1) is 0 Å². The average molecular weight is 1030 g/mol. The molecule has 0 aromatic rings. The SMILES string of the molecule is C=C(N[C@H](CC(N)=O)C(=O)NC(CO)C(=O)N[C@H](CC(=O)O)C(=O)NC(CCC(=O)O)C(=O)N[C@H](CCC(=O)O)C(=O)NC(CC(N)=O)C(C)=O)C(CC(=O)O)NC(=O)[C@@H](CCC(=O)O)NC(=O)C(N)CO. The van der Waals surface area contributed by atoms with Gasteiger partial charge in [-0.15, -0.1) is 0 Å². The molecule has 0 radical (unpaired) electrons. The first-order valence-electron chi connectivity index (χ1n) is 21.1. The number of hydrogen-bond donors (Lipinski definition) is 18. The molecule has 0 saturated heterocycles. The normalized spacial score (nSPS) is 14.4. The van der Waals surface area contributed by atoms with Crippen molar-refractivity contribution in [1.82, 2.24) is 42.5 Å². The van der Waals surface area contributed by atoms with Crippen molar-refractivity contribution in [3.63, 3.8) is 0 Å². The minimum Gasteiger partial charge on any atom is -0.481 e. The summed E-state index contributed by atoms with van der Waals surface area (Å²) in [5.74, 6) is -20.2. The monoisotopic (exact) mass is 1030 g/mol. The van der Waals surface area contributed by atoms with E-state index < -0.39 is 226 Å². The number of carboxylic acid groups (broad SMARTS) is 5. The number of hydrogen-bond acceptors (Lipinski definition) is 19. The molecule has 0 fully saturated rings. The van der Waals surface area contributed by atoms with Crippen LogP contribution in [0.15, 0.2) is 12.3 Å². The van der Waals surface area contributed by atoms with Gasteiger partial charge in [-0.3, -0.25) is 71.9 Å². The number of carbonyl (C=O) groups is 15. The molecule has 0 spiro atoms. The molecule has 0 aliphatic rings. The van der Waals surface area contributed by atoms with Gasteiger partial charge in [0.05, 0.1) is 51.0 Å². The highest BCUT2D eigenvalue weighted by Crippen LogP contribution is 2.10. The Kier molecular flexibility index (Phi) is 28.1. The van der Waals surface area contributed by atoms with Gasteiger partial charge in [0.25, 0.3) is 0 Å². The average Bonchev–Trinajstić information content (AvgIpc) is 3.26. The van der Waals surface area contributed by atoms with Crippen molar-refractivity contribution in [2.75, 3.05) is 13.2 Å². The third kappa shape index (κ3) is 25.3. The lowest BCUT2D eigenvalue weighted by Gasteiger charge is -2.28. The Bertz CT molecular complexity index is 2090. The molecule has 33 nitrogen and oxygen atoms in total. The number of Topliss-reactive ketones (excluding diaryl/α,β-unsaturated/α-hetero) is 1. The fraction of sp³-hybridized carbons (Fsp3) is 0.564. The summed E-state index contributed by atoms with van der Waals surface area (Å²) in [5, 5.41) is 82.7. The van der Waals surface area contributed by atoms with Crippen LogP contribution in [0.4, 0.5) is 0 Å². The molecular formula is C39H59N11O22. The lowest BCUT2D eigenvalue weighted by Crippen LogP contribution is -2.60. The van der Waals surface area contributed by atoms with Gasteiger partial charge >= 0.3 is 29.8 Å². The number of rotatable bonds is 37. The van der Waals surface area contributed by atoms with Gasteiger partial charge in [0.1, 0.15) is 42.3 Å². The summed E-state index contributed by atoms with van der Waals surface area (Å²) in [6, 6.07) is -16.6. The van der Waals surface area contributed by atoms with Crippen LogP contribution < -0.4 is 59.7 Å². The summed E-state index contributed by atoms with van der Waals surface area (Å²) in [4.78, 5) is 186. The van der Waals surface area contributed by atoms with E-state index in [-0.39, 0.29) is 0 Å².